The number of aliphatic carboxylic acids is 1. The summed E-state index contributed by atoms with van der Waals surface area (Å²) in [6, 6.07) is 1.76. The van der Waals surface area contributed by atoms with E-state index in [9.17, 15) is 9.59 Å². The second-order valence-corrected chi connectivity index (χ2v) is 5.49. The fraction of sp³-hybridized carbons (Fsp3) is 0.429. The first-order valence-corrected chi connectivity index (χ1v) is 7.07. The molecule has 0 aliphatic rings. The molecule has 1 unspecified atom stereocenters. The fourth-order valence-electron chi connectivity index (χ4n) is 1.64. The van der Waals surface area contributed by atoms with Gasteiger partial charge < -0.3 is 10.0 Å². The Morgan fingerprint density at radius 1 is 1.53 bits per heavy atom. The van der Waals surface area contributed by atoms with E-state index in [1.807, 2.05) is 0 Å². The van der Waals surface area contributed by atoms with Crippen LogP contribution in [0.25, 0.3) is 6.08 Å². The van der Waals surface area contributed by atoms with Crippen molar-refractivity contribution in [2.24, 2.45) is 5.92 Å². The average molecular weight is 281 g/mol. The predicted molar refractivity (Wildman–Crippen MR) is 77.4 cm³/mol. The van der Waals surface area contributed by atoms with Gasteiger partial charge in [0.15, 0.2) is 0 Å². The molecule has 0 aliphatic carbocycles. The third-order valence-corrected chi connectivity index (χ3v) is 3.84. The van der Waals surface area contributed by atoms with Gasteiger partial charge in [0.1, 0.15) is 0 Å². The first-order valence-electron chi connectivity index (χ1n) is 6.19. The number of hydrogen-bond acceptors (Lipinski definition) is 3. The Balaban J connectivity index is 2.82. The zero-order valence-corrected chi connectivity index (χ0v) is 12.2. The normalized spacial score (nSPS) is 12.6. The molecule has 1 aromatic rings. The van der Waals surface area contributed by atoms with Crippen LogP contribution in [-0.2, 0) is 4.79 Å². The van der Waals surface area contributed by atoms with Gasteiger partial charge in [-0.2, -0.15) is 0 Å². The van der Waals surface area contributed by atoms with E-state index in [1.54, 1.807) is 23.4 Å². The molecule has 0 bridgehead atoms. The largest absolute Gasteiger partial charge is 0.478 e. The van der Waals surface area contributed by atoms with Gasteiger partial charge in [-0.05, 0) is 29.0 Å². The quantitative estimate of drug-likeness (QED) is 0.816. The smallest absolute Gasteiger partial charge is 0.328 e. The number of rotatable bonds is 6. The summed E-state index contributed by atoms with van der Waals surface area (Å²) < 4.78 is 0. The van der Waals surface area contributed by atoms with Crippen molar-refractivity contribution in [2.75, 3.05) is 13.6 Å². The molecule has 1 rings (SSSR count). The Bertz CT molecular complexity index is 479. The molecule has 0 saturated heterocycles. The molecule has 104 valence electrons. The van der Waals surface area contributed by atoms with E-state index < -0.39 is 5.97 Å². The number of thiophene rings is 1. The molecule has 0 spiro atoms. The van der Waals surface area contributed by atoms with Gasteiger partial charge in [-0.1, -0.05) is 20.3 Å². The number of carboxylic acids is 1. The van der Waals surface area contributed by atoms with Crippen molar-refractivity contribution in [1.82, 2.24) is 4.90 Å². The van der Waals surface area contributed by atoms with Crippen LogP contribution in [0.4, 0.5) is 0 Å². The summed E-state index contributed by atoms with van der Waals surface area (Å²) in [4.78, 5) is 25.1. The molecule has 4 nitrogen and oxygen atoms in total. The van der Waals surface area contributed by atoms with Crippen LogP contribution in [0, 0.1) is 5.92 Å². The van der Waals surface area contributed by atoms with E-state index in [0.29, 0.717) is 22.9 Å². The topological polar surface area (TPSA) is 57.6 Å². The molecule has 1 amide bonds. The van der Waals surface area contributed by atoms with Crippen LogP contribution in [-0.4, -0.2) is 35.5 Å². The average Bonchev–Trinajstić information content (AvgIpc) is 2.83. The van der Waals surface area contributed by atoms with Gasteiger partial charge in [-0.25, -0.2) is 4.79 Å². The van der Waals surface area contributed by atoms with Crippen molar-refractivity contribution < 1.29 is 14.7 Å². The summed E-state index contributed by atoms with van der Waals surface area (Å²) in [5, 5.41) is 10.4. The highest BCUT2D eigenvalue weighted by atomic mass is 32.1. The maximum Gasteiger partial charge on any atom is 0.328 e. The molecule has 5 heteroatoms. The minimum Gasteiger partial charge on any atom is -0.478 e. The lowest BCUT2D eigenvalue weighted by Gasteiger charge is -2.20. The SMILES string of the molecule is CCC(C)CN(C)C(=O)c1sccc1C=CC(=O)O. The van der Waals surface area contributed by atoms with Gasteiger partial charge in [0.25, 0.3) is 5.91 Å². The third kappa shape index (κ3) is 4.52. The highest BCUT2D eigenvalue weighted by Gasteiger charge is 2.17. The van der Waals surface area contributed by atoms with Gasteiger partial charge in [-0.3, -0.25) is 4.79 Å². The van der Waals surface area contributed by atoms with Gasteiger partial charge in [0.05, 0.1) is 4.88 Å². The monoisotopic (exact) mass is 281 g/mol. The molecular formula is C14H19NO3S. The molecule has 19 heavy (non-hydrogen) atoms. The van der Waals surface area contributed by atoms with Gasteiger partial charge >= 0.3 is 5.97 Å². The summed E-state index contributed by atoms with van der Waals surface area (Å²) in [6.07, 6.45) is 3.53. The van der Waals surface area contributed by atoms with Crippen LogP contribution in [0.15, 0.2) is 17.5 Å². The Labute approximate surface area is 117 Å². The van der Waals surface area contributed by atoms with Crippen molar-refractivity contribution in [3.05, 3.63) is 28.0 Å². The highest BCUT2D eigenvalue weighted by molar-refractivity contribution is 7.12. The van der Waals surface area contributed by atoms with Crippen molar-refractivity contribution in [3.8, 4) is 0 Å². The summed E-state index contributed by atoms with van der Waals surface area (Å²) >= 11 is 1.34. The van der Waals surface area contributed by atoms with Crippen LogP contribution in [0.5, 0.6) is 0 Å². The molecule has 0 fully saturated rings. The molecule has 1 aromatic heterocycles. The van der Waals surface area contributed by atoms with Crippen molar-refractivity contribution in [1.29, 1.82) is 0 Å². The van der Waals surface area contributed by atoms with Crippen LogP contribution in [0.1, 0.15) is 35.5 Å². The Hall–Kier alpha value is -1.62. The maximum absolute atomic E-state index is 12.3. The number of carboxylic acid groups (broad SMARTS) is 1. The summed E-state index contributed by atoms with van der Waals surface area (Å²) in [7, 11) is 1.78. The summed E-state index contributed by atoms with van der Waals surface area (Å²) in [6.45, 7) is 4.90. The third-order valence-electron chi connectivity index (χ3n) is 2.92. The fourth-order valence-corrected chi connectivity index (χ4v) is 2.52. The van der Waals surface area contributed by atoms with Crippen molar-refractivity contribution in [3.63, 3.8) is 0 Å². The van der Waals surface area contributed by atoms with Gasteiger partial charge in [0, 0.05) is 19.7 Å². The molecule has 1 heterocycles. The standard InChI is InChI=1S/C14H19NO3S/c1-4-10(2)9-15(3)14(18)13-11(7-8-19-13)5-6-12(16)17/h5-8,10H,4,9H2,1-3H3,(H,16,17). The minimum atomic E-state index is -1.02. The van der Waals surface area contributed by atoms with Gasteiger partial charge in [0.2, 0.25) is 0 Å². The number of nitrogens with zero attached hydrogens (tertiary/aromatic N) is 1. The maximum atomic E-state index is 12.3. The van der Waals surface area contributed by atoms with Crippen molar-refractivity contribution >= 4 is 29.3 Å². The van der Waals surface area contributed by atoms with Crippen LogP contribution in [0.3, 0.4) is 0 Å². The number of hydrogen-bond donors (Lipinski definition) is 1. The number of amides is 1. The first kappa shape index (κ1) is 15.4. The summed E-state index contributed by atoms with van der Waals surface area (Å²) in [5.41, 5.74) is 0.661. The summed E-state index contributed by atoms with van der Waals surface area (Å²) in [5.74, 6) is -0.621. The number of carbonyl (C=O) groups is 2. The molecule has 1 N–H and O–H groups in total. The second-order valence-electron chi connectivity index (χ2n) is 4.58. The molecule has 0 radical (unpaired) electrons. The van der Waals surface area contributed by atoms with Gasteiger partial charge in [-0.15, -0.1) is 11.3 Å². The van der Waals surface area contributed by atoms with E-state index in [4.69, 9.17) is 5.11 Å². The minimum absolute atomic E-state index is 0.0552. The Morgan fingerprint density at radius 3 is 2.79 bits per heavy atom. The van der Waals surface area contributed by atoms with E-state index in [2.05, 4.69) is 13.8 Å². The molecule has 0 aromatic carbocycles. The van der Waals surface area contributed by atoms with E-state index in [0.717, 1.165) is 12.5 Å². The van der Waals surface area contributed by atoms with E-state index >= 15 is 0 Å². The first-order chi connectivity index (χ1) is 8.95. The zero-order chi connectivity index (χ0) is 14.4. The number of carbonyl (C=O) groups excluding carboxylic acids is 1. The second kappa shape index (κ2) is 7.09. The molecular weight excluding hydrogens is 262 g/mol. The molecule has 1 atom stereocenters. The van der Waals surface area contributed by atoms with E-state index in [1.165, 1.54) is 17.4 Å². The lowest BCUT2D eigenvalue weighted by molar-refractivity contribution is -0.131. The molecule has 0 aliphatic heterocycles. The Morgan fingerprint density at radius 2 is 2.21 bits per heavy atom. The van der Waals surface area contributed by atoms with Crippen LogP contribution < -0.4 is 0 Å². The van der Waals surface area contributed by atoms with Crippen molar-refractivity contribution in [2.45, 2.75) is 20.3 Å². The predicted octanol–water partition coefficient (Wildman–Crippen LogP) is 2.96. The Kier molecular flexibility index (Phi) is 5.76. The lowest BCUT2D eigenvalue weighted by atomic mass is 10.1. The lowest BCUT2D eigenvalue weighted by Crippen LogP contribution is -2.30. The molecule has 0 saturated carbocycles. The zero-order valence-electron chi connectivity index (χ0n) is 11.4. The highest BCUT2D eigenvalue weighted by Crippen LogP contribution is 2.20. The van der Waals surface area contributed by atoms with E-state index in [-0.39, 0.29) is 5.91 Å². The van der Waals surface area contributed by atoms with Crippen LogP contribution >= 0.6 is 11.3 Å². The van der Waals surface area contributed by atoms with Crippen LogP contribution in [0.2, 0.25) is 0 Å².